The lowest BCUT2D eigenvalue weighted by molar-refractivity contribution is -0.137. The summed E-state index contributed by atoms with van der Waals surface area (Å²) in [5.74, 6) is 0.590. The van der Waals surface area contributed by atoms with E-state index in [9.17, 15) is 13.2 Å². The number of nitrogens with one attached hydrogen (secondary N) is 1. The zero-order valence-electron chi connectivity index (χ0n) is 31.0. The molecule has 52 heavy (non-hydrogen) atoms. The van der Waals surface area contributed by atoms with Crippen LogP contribution in [0.4, 0.5) is 18.9 Å². The third-order valence-electron chi connectivity index (χ3n) is 9.15. The van der Waals surface area contributed by atoms with Crippen molar-refractivity contribution in [1.82, 2.24) is 4.90 Å². The van der Waals surface area contributed by atoms with E-state index in [1.807, 2.05) is 49.3 Å². The summed E-state index contributed by atoms with van der Waals surface area (Å²) >= 11 is 5.54. The van der Waals surface area contributed by atoms with Crippen molar-refractivity contribution in [2.45, 2.75) is 65.0 Å². The van der Waals surface area contributed by atoms with Gasteiger partial charge in [-0.05, 0) is 113 Å². The fourth-order valence-corrected chi connectivity index (χ4v) is 6.61. The number of hydrogen-bond donors (Lipinski definition) is 1. The van der Waals surface area contributed by atoms with Crippen LogP contribution in [0, 0.1) is 5.92 Å². The fraction of sp³-hybridized carbons (Fsp3) is 0.283. The lowest BCUT2D eigenvalue weighted by Crippen LogP contribution is -2.11. The average molecular weight is 721 g/mol. The summed E-state index contributed by atoms with van der Waals surface area (Å²) in [7, 11) is 3.92. The summed E-state index contributed by atoms with van der Waals surface area (Å²) in [5.41, 5.74) is 10.8. The number of benzene rings is 4. The predicted octanol–water partition coefficient (Wildman–Crippen LogP) is 13.3. The number of alkyl halides is 3. The molecule has 0 heterocycles. The molecular weight excluding hydrogens is 670 g/mol. The summed E-state index contributed by atoms with van der Waals surface area (Å²) < 4.78 is 39.6. The van der Waals surface area contributed by atoms with E-state index in [2.05, 4.69) is 81.9 Å². The van der Waals surface area contributed by atoms with Crippen LogP contribution in [-0.2, 0) is 19.0 Å². The normalized spacial score (nSPS) is 11.3. The number of rotatable bonds is 18. The number of aryl methyl sites for hydroxylation is 1. The number of nitrogens with zero attached hydrogens (tertiary/aromatic N) is 1. The van der Waals surface area contributed by atoms with Gasteiger partial charge >= 0.3 is 6.18 Å². The number of hydrogen-bond acceptors (Lipinski definition) is 3. The van der Waals surface area contributed by atoms with Crippen LogP contribution in [0.3, 0.4) is 0 Å². The van der Waals surface area contributed by atoms with Crippen LogP contribution in [0.2, 0.25) is 0 Å². The number of halogens is 3. The van der Waals surface area contributed by atoms with E-state index in [1.165, 1.54) is 34.4 Å². The lowest BCUT2D eigenvalue weighted by atomic mass is 9.95. The average Bonchev–Trinajstić information content (AvgIpc) is 3.10. The Labute approximate surface area is 314 Å². The minimum atomic E-state index is -4.39. The summed E-state index contributed by atoms with van der Waals surface area (Å²) in [4.78, 5) is 3.10. The van der Waals surface area contributed by atoms with E-state index in [0.717, 1.165) is 95.6 Å². The Bertz CT molecular complexity index is 1900. The van der Waals surface area contributed by atoms with Crippen molar-refractivity contribution in [2.24, 2.45) is 5.92 Å². The molecule has 4 aromatic carbocycles. The van der Waals surface area contributed by atoms with Gasteiger partial charge in [-0.2, -0.15) is 13.2 Å². The van der Waals surface area contributed by atoms with Crippen LogP contribution in [0.5, 0.6) is 0 Å². The van der Waals surface area contributed by atoms with E-state index in [-0.39, 0.29) is 0 Å². The highest BCUT2D eigenvalue weighted by Gasteiger charge is 2.30. The molecule has 0 aliphatic rings. The van der Waals surface area contributed by atoms with Crippen LogP contribution in [0.15, 0.2) is 123 Å². The van der Waals surface area contributed by atoms with Gasteiger partial charge < -0.3 is 10.2 Å². The zero-order valence-corrected chi connectivity index (χ0v) is 31.8. The molecule has 0 fully saturated rings. The number of thiocarbonyl (C=S) groups is 1. The highest BCUT2D eigenvalue weighted by atomic mass is 32.1. The van der Waals surface area contributed by atoms with E-state index >= 15 is 0 Å². The van der Waals surface area contributed by atoms with Gasteiger partial charge in [0.25, 0.3) is 0 Å². The first-order valence-corrected chi connectivity index (χ1v) is 18.2. The minimum Gasteiger partial charge on any atom is -0.378 e. The second kappa shape index (κ2) is 18.2. The first-order chi connectivity index (χ1) is 24.6. The molecule has 1 N–H and O–H groups in total. The van der Waals surface area contributed by atoms with Gasteiger partial charge in [-0.25, -0.2) is 0 Å². The van der Waals surface area contributed by atoms with Crippen LogP contribution in [0.1, 0.15) is 79.3 Å². The van der Waals surface area contributed by atoms with Crippen molar-refractivity contribution in [3.63, 3.8) is 0 Å². The molecule has 0 atom stereocenters. The quantitative estimate of drug-likeness (QED) is 0.0814. The number of allylic oxidation sites excluding steroid dienone is 2. The molecule has 0 bridgehead atoms. The van der Waals surface area contributed by atoms with Crippen molar-refractivity contribution in [3.05, 3.63) is 156 Å². The largest absolute Gasteiger partial charge is 0.416 e. The molecule has 0 radical (unpaired) electrons. The highest BCUT2D eigenvalue weighted by Crippen LogP contribution is 2.35. The standard InChI is InChI=1S/C46H51F3N2S/c1-31(2)28-41(52)26-16-33(4)38-20-17-37(18-21-38)29-32(3)12-11-13-36-19-27-45(44(30-36)35(6)51(7)8)50-34(5)42-14-9-10-15-43(42)39-22-24-40(25-23-39)46(47,48)49/h9-10,14-15,17-25,27,30-31,50H,3-6,11-13,16,26,28-29H2,1-2,7-8H3. The monoisotopic (exact) mass is 720 g/mol. The molecule has 0 saturated carbocycles. The van der Waals surface area contributed by atoms with Crippen molar-refractivity contribution < 1.29 is 13.2 Å². The molecule has 6 heteroatoms. The molecule has 0 aromatic heterocycles. The molecule has 0 aliphatic carbocycles. The van der Waals surface area contributed by atoms with Crippen LogP contribution >= 0.6 is 12.2 Å². The molecule has 272 valence electrons. The summed E-state index contributed by atoms with van der Waals surface area (Å²) in [6.45, 7) is 21.7. The zero-order chi connectivity index (χ0) is 38.0. The van der Waals surface area contributed by atoms with Gasteiger partial charge in [0.05, 0.1) is 5.56 Å². The third kappa shape index (κ3) is 11.4. The third-order valence-corrected chi connectivity index (χ3v) is 9.52. The van der Waals surface area contributed by atoms with Crippen molar-refractivity contribution >= 4 is 39.7 Å². The smallest absolute Gasteiger partial charge is 0.378 e. The van der Waals surface area contributed by atoms with Gasteiger partial charge in [-0.15, -0.1) is 0 Å². The maximum atomic E-state index is 13.2. The Balaban J connectivity index is 1.37. The molecule has 4 rings (SSSR count). The van der Waals surface area contributed by atoms with Gasteiger partial charge in [-0.3, -0.25) is 0 Å². The Morgan fingerprint density at radius 2 is 1.44 bits per heavy atom. The van der Waals surface area contributed by atoms with Gasteiger partial charge in [0, 0.05) is 42.3 Å². The lowest BCUT2D eigenvalue weighted by Gasteiger charge is -2.22. The molecule has 0 aliphatic heterocycles. The van der Waals surface area contributed by atoms with E-state index < -0.39 is 11.7 Å². The van der Waals surface area contributed by atoms with E-state index in [1.54, 1.807) is 0 Å². The molecule has 4 aromatic rings. The predicted molar refractivity (Wildman–Crippen MR) is 221 cm³/mol. The van der Waals surface area contributed by atoms with E-state index in [0.29, 0.717) is 17.2 Å². The molecule has 0 amide bonds. The first kappa shape index (κ1) is 40.1. The van der Waals surface area contributed by atoms with Crippen molar-refractivity contribution in [2.75, 3.05) is 19.4 Å². The van der Waals surface area contributed by atoms with Crippen LogP contribution in [-0.4, -0.2) is 23.9 Å². The molecule has 0 saturated heterocycles. The Morgan fingerprint density at radius 3 is 2.08 bits per heavy atom. The van der Waals surface area contributed by atoms with Crippen molar-refractivity contribution in [1.29, 1.82) is 0 Å². The van der Waals surface area contributed by atoms with Gasteiger partial charge in [0.15, 0.2) is 0 Å². The van der Waals surface area contributed by atoms with Crippen molar-refractivity contribution in [3.8, 4) is 11.1 Å². The summed E-state index contributed by atoms with van der Waals surface area (Å²) in [6.07, 6.45) is 2.03. The maximum Gasteiger partial charge on any atom is 0.416 e. The van der Waals surface area contributed by atoms with Gasteiger partial charge in [0.1, 0.15) is 0 Å². The Kier molecular flexibility index (Phi) is 14.0. The summed E-state index contributed by atoms with van der Waals surface area (Å²) in [5, 5.41) is 3.48. The first-order valence-electron chi connectivity index (χ1n) is 17.8. The topological polar surface area (TPSA) is 15.3 Å². The fourth-order valence-electron chi connectivity index (χ4n) is 6.17. The second-order valence-corrected chi connectivity index (χ2v) is 14.7. The Hall–Kier alpha value is -4.68. The molecule has 2 nitrogen and oxygen atoms in total. The maximum absolute atomic E-state index is 13.2. The minimum absolute atomic E-state index is 0.590. The molecule has 0 unspecified atom stereocenters. The van der Waals surface area contributed by atoms with Gasteiger partial charge in [0.2, 0.25) is 0 Å². The summed E-state index contributed by atoms with van der Waals surface area (Å²) in [6, 6.07) is 27.8. The highest BCUT2D eigenvalue weighted by molar-refractivity contribution is 7.80. The SMILES string of the molecule is C=C(CCCc1ccc(NC(=C)c2ccccc2-c2ccc(C(F)(F)F)cc2)c(C(=C)N(C)C)c1)Cc1ccc(C(=C)CCC(=S)CC(C)C)cc1. The van der Waals surface area contributed by atoms with E-state index in [4.69, 9.17) is 12.2 Å². The number of anilines is 1. The van der Waals surface area contributed by atoms with Crippen LogP contribution in [0.25, 0.3) is 28.1 Å². The van der Waals surface area contributed by atoms with Crippen LogP contribution < -0.4 is 5.32 Å². The van der Waals surface area contributed by atoms with Gasteiger partial charge in [-0.1, -0.05) is 125 Å². The molecular formula is C46H51F3N2S. The molecule has 0 spiro atoms. The second-order valence-electron chi connectivity index (χ2n) is 14.2. The Morgan fingerprint density at radius 1 is 0.788 bits per heavy atom.